The first-order chi connectivity index (χ1) is 9.09. The van der Waals surface area contributed by atoms with Gasteiger partial charge in [0.2, 0.25) is 0 Å². The Morgan fingerprint density at radius 2 is 2.16 bits per heavy atom. The monoisotopic (exact) mass is 264 g/mol. The van der Waals surface area contributed by atoms with Crippen molar-refractivity contribution < 1.29 is 4.74 Å². The van der Waals surface area contributed by atoms with Crippen molar-refractivity contribution in [1.82, 2.24) is 18.7 Å². The molecule has 1 saturated heterocycles. The molecule has 7 heteroatoms. The molecular weight excluding hydrogens is 248 g/mol. The molecule has 1 unspecified atom stereocenters. The van der Waals surface area contributed by atoms with Gasteiger partial charge in [-0.15, -0.1) is 0 Å². The summed E-state index contributed by atoms with van der Waals surface area (Å²) in [5.74, 6) is 0. The van der Waals surface area contributed by atoms with Crippen LogP contribution in [-0.2, 0) is 25.4 Å². The first kappa shape index (κ1) is 12.2. The molecule has 7 nitrogen and oxygen atoms in total. The van der Waals surface area contributed by atoms with Gasteiger partial charge in [-0.1, -0.05) is 0 Å². The lowest BCUT2D eigenvalue weighted by Crippen LogP contribution is -2.39. The van der Waals surface area contributed by atoms with Crippen molar-refractivity contribution in [2.24, 2.45) is 14.1 Å². The predicted octanol–water partition coefficient (Wildman–Crippen LogP) is -0.387. The molecule has 19 heavy (non-hydrogen) atoms. The zero-order valence-corrected chi connectivity index (χ0v) is 11.0. The van der Waals surface area contributed by atoms with Crippen molar-refractivity contribution in [3.05, 3.63) is 27.2 Å². The zero-order chi connectivity index (χ0) is 13.6. The summed E-state index contributed by atoms with van der Waals surface area (Å²) in [5, 5.41) is 0. The van der Waals surface area contributed by atoms with Crippen LogP contribution in [0.4, 0.5) is 0 Å². The van der Waals surface area contributed by atoms with Crippen LogP contribution in [0.2, 0.25) is 0 Å². The summed E-state index contributed by atoms with van der Waals surface area (Å²) in [7, 11) is 3.39. The minimum absolute atomic E-state index is 0.269. The lowest BCUT2D eigenvalue weighted by molar-refractivity contribution is 0.384. The fraction of sp³-hybridized carbons (Fsp3) is 0.583. The van der Waals surface area contributed by atoms with Crippen LogP contribution in [0.25, 0.3) is 11.2 Å². The maximum absolute atomic E-state index is 12.3. The van der Waals surface area contributed by atoms with Gasteiger partial charge >= 0.3 is 5.69 Å². The van der Waals surface area contributed by atoms with E-state index >= 15 is 0 Å². The fourth-order valence-electron chi connectivity index (χ4n) is 2.31. The molecule has 0 bridgehead atoms. The molecule has 3 heterocycles. The molecule has 2 aromatic heterocycles. The second kappa shape index (κ2) is 4.34. The minimum atomic E-state index is -0.312. The lowest BCUT2D eigenvalue weighted by atomic mass is 10.2. The third-order valence-electron chi connectivity index (χ3n) is 3.51. The maximum Gasteiger partial charge on any atom is 0.332 e. The van der Waals surface area contributed by atoms with Crippen LogP contribution in [0, 0.1) is 0 Å². The van der Waals surface area contributed by atoms with Crippen LogP contribution in [0.15, 0.2) is 15.9 Å². The second-order valence-electron chi connectivity index (χ2n) is 4.92. The third-order valence-corrected chi connectivity index (χ3v) is 3.51. The summed E-state index contributed by atoms with van der Waals surface area (Å²) in [6.45, 7) is 1.22. The summed E-state index contributed by atoms with van der Waals surface area (Å²) < 4.78 is 9.48. The first-order valence-electron chi connectivity index (χ1n) is 6.32. The van der Waals surface area contributed by atoms with E-state index in [-0.39, 0.29) is 11.2 Å². The van der Waals surface area contributed by atoms with E-state index < -0.39 is 0 Å². The molecule has 1 aliphatic heterocycles. The van der Waals surface area contributed by atoms with Gasteiger partial charge < -0.3 is 9.30 Å². The van der Waals surface area contributed by atoms with Crippen molar-refractivity contribution in [1.29, 1.82) is 0 Å². The highest BCUT2D eigenvalue weighted by Crippen LogP contribution is 2.15. The second-order valence-corrected chi connectivity index (χ2v) is 4.92. The van der Waals surface area contributed by atoms with E-state index in [1.807, 2.05) is 0 Å². The highest BCUT2D eigenvalue weighted by Gasteiger charge is 2.22. The number of aromatic nitrogens is 4. The molecule has 0 saturated carbocycles. The van der Waals surface area contributed by atoms with Gasteiger partial charge in [0, 0.05) is 20.6 Å². The van der Waals surface area contributed by atoms with Gasteiger partial charge in [-0.05, 0) is 12.8 Å². The number of fused-ring (bicyclic) bond motifs is 1. The van der Waals surface area contributed by atoms with Crippen molar-refractivity contribution >= 4 is 11.2 Å². The number of ether oxygens (including phenoxy) is 1. The van der Waals surface area contributed by atoms with Crippen molar-refractivity contribution in [2.45, 2.75) is 25.5 Å². The average molecular weight is 264 g/mol. The molecular formula is C12H16N4O3. The molecule has 1 aliphatic rings. The SMILES string of the molecule is Cn1cnc2c1c(=O)n(CCCC1CO1)c(=O)n2C. The number of epoxide rings is 1. The number of nitrogens with zero attached hydrogens (tertiary/aromatic N) is 4. The van der Waals surface area contributed by atoms with Crippen molar-refractivity contribution in [3.63, 3.8) is 0 Å². The van der Waals surface area contributed by atoms with Crippen LogP contribution < -0.4 is 11.2 Å². The van der Waals surface area contributed by atoms with Crippen molar-refractivity contribution in [2.75, 3.05) is 6.61 Å². The Hall–Kier alpha value is -1.89. The fourth-order valence-corrected chi connectivity index (χ4v) is 2.31. The van der Waals surface area contributed by atoms with Crippen molar-refractivity contribution in [3.8, 4) is 0 Å². The molecule has 0 aliphatic carbocycles. The van der Waals surface area contributed by atoms with Crippen LogP contribution in [0.1, 0.15) is 12.8 Å². The number of hydrogen-bond acceptors (Lipinski definition) is 4. The summed E-state index contributed by atoms with van der Waals surface area (Å²) in [4.78, 5) is 28.6. The van der Waals surface area contributed by atoms with Crippen LogP contribution in [0.5, 0.6) is 0 Å². The highest BCUT2D eigenvalue weighted by molar-refractivity contribution is 5.69. The van der Waals surface area contributed by atoms with Gasteiger partial charge in [0.15, 0.2) is 11.2 Å². The van der Waals surface area contributed by atoms with Gasteiger partial charge in [0.05, 0.1) is 19.0 Å². The average Bonchev–Trinajstić information content (AvgIpc) is 3.12. The quantitative estimate of drug-likeness (QED) is 0.705. The number of rotatable bonds is 4. The number of hydrogen-bond donors (Lipinski definition) is 0. The highest BCUT2D eigenvalue weighted by atomic mass is 16.6. The van der Waals surface area contributed by atoms with Gasteiger partial charge in [-0.2, -0.15) is 0 Å². The van der Waals surface area contributed by atoms with E-state index in [1.54, 1.807) is 25.0 Å². The van der Waals surface area contributed by atoms with E-state index in [9.17, 15) is 9.59 Å². The Labute approximate surface area is 109 Å². The smallest absolute Gasteiger partial charge is 0.332 e. The molecule has 0 radical (unpaired) electrons. The predicted molar refractivity (Wildman–Crippen MR) is 69.2 cm³/mol. The zero-order valence-electron chi connectivity index (χ0n) is 11.0. The lowest BCUT2D eigenvalue weighted by Gasteiger charge is -2.07. The van der Waals surface area contributed by atoms with E-state index in [0.717, 1.165) is 19.4 Å². The normalized spacial score (nSPS) is 18.1. The molecule has 1 fully saturated rings. The molecule has 3 rings (SSSR count). The van der Waals surface area contributed by atoms with E-state index in [0.29, 0.717) is 23.8 Å². The van der Waals surface area contributed by atoms with Gasteiger partial charge in [-0.3, -0.25) is 13.9 Å². The van der Waals surface area contributed by atoms with Crippen LogP contribution in [0.3, 0.4) is 0 Å². The first-order valence-corrected chi connectivity index (χ1v) is 6.32. The van der Waals surface area contributed by atoms with E-state index in [2.05, 4.69) is 4.98 Å². The summed E-state index contributed by atoms with van der Waals surface area (Å²) in [6.07, 6.45) is 3.52. The van der Waals surface area contributed by atoms with E-state index in [4.69, 9.17) is 4.74 Å². The molecule has 2 aromatic rings. The molecule has 0 amide bonds. The van der Waals surface area contributed by atoms with Crippen LogP contribution in [-0.4, -0.2) is 31.4 Å². The largest absolute Gasteiger partial charge is 0.373 e. The molecule has 0 N–H and O–H groups in total. The maximum atomic E-state index is 12.3. The van der Waals surface area contributed by atoms with Gasteiger partial charge in [0.1, 0.15) is 0 Å². The Morgan fingerprint density at radius 1 is 1.42 bits per heavy atom. The van der Waals surface area contributed by atoms with Crippen LogP contribution >= 0.6 is 0 Å². The van der Waals surface area contributed by atoms with E-state index in [1.165, 1.54) is 9.13 Å². The Morgan fingerprint density at radius 3 is 2.84 bits per heavy atom. The van der Waals surface area contributed by atoms with Gasteiger partial charge in [0.25, 0.3) is 5.56 Å². The molecule has 0 spiro atoms. The number of imidazole rings is 1. The summed E-state index contributed by atoms with van der Waals surface area (Å²) in [5.41, 5.74) is 0.312. The number of aryl methyl sites for hydroxylation is 2. The Kier molecular flexibility index (Phi) is 2.78. The minimum Gasteiger partial charge on any atom is -0.373 e. The third kappa shape index (κ3) is 1.99. The van der Waals surface area contributed by atoms with Gasteiger partial charge in [-0.25, -0.2) is 9.78 Å². The standard InChI is InChI=1S/C12H16N4O3/c1-14-7-13-10-9(14)11(17)16(12(18)15(10)2)5-3-4-8-6-19-8/h7-8H,3-6H2,1-2H3. The Balaban J connectivity index is 2.04. The summed E-state index contributed by atoms with van der Waals surface area (Å²) >= 11 is 0. The molecule has 1 atom stereocenters. The summed E-state index contributed by atoms with van der Waals surface area (Å²) in [6, 6.07) is 0. The molecule has 102 valence electrons. The topological polar surface area (TPSA) is 74.3 Å². The Bertz CT molecular complexity index is 736. The molecule has 0 aromatic carbocycles.